The van der Waals surface area contributed by atoms with Crippen LogP contribution in [0.1, 0.15) is 17.3 Å². The molecule has 0 aliphatic rings. The number of ketones is 1. The van der Waals surface area contributed by atoms with Gasteiger partial charge in [-0.3, -0.25) is 4.79 Å². The molecule has 4 nitrogen and oxygen atoms in total. The molecule has 0 fully saturated rings. The van der Waals surface area contributed by atoms with Crippen molar-refractivity contribution in [3.63, 3.8) is 0 Å². The highest BCUT2D eigenvalue weighted by Gasteiger charge is 2.39. The number of halogens is 2. The van der Waals surface area contributed by atoms with Gasteiger partial charge in [-0.05, 0) is 19.1 Å². The number of hydrogen-bond donors (Lipinski definition) is 2. The van der Waals surface area contributed by atoms with Crippen molar-refractivity contribution in [3.05, 3.63) is 35.4 Å². The Kier molecular flexibility index (Phi) is 3.04. The summed E-state index contributed by atoms with van der Waals surface area (Å²) >= 11 is 0. The van der Waals surface area contributed by atoms with Gasteiger partial charge < -0.3 is 10.8 Å². The number of rotatable bonds is 3. The molecule has 0 heterocycles. The third-order valence-corrected chi connectivity index (χ3v) is 2.11. The van der Waals surface area contributed by atoms with Gasteiger partial charge in [0.2, 0.25) is 0 Å². The zero-order valence-electron chi connectivity index (χ0n) is 8.33. The lowest BCUT2D eigenvalue weighted by Gasteiger charge is -2.17. The zero-order valence-corrected chi connectivity index (χ0v) is 8.33. The number of carboxylic acids is 1. The molecular weight excluding hydrogens is 220 g/mol. The number of carboxylic acid groups (broad SMARTS) is 1. The summed E-state index contributed by atoms with van der Waals surface area (Å²) in [4.78, 5) is 22.2. The maximum atomic E-state index is 13.2. The van der Waals surface area contributed by atoms with Crippen molar-refractivity contribution in [2.75, 3.05) is 0 Å². The third-order valence-electron chi connectivity index (χ3n) is 2.11. The van der Waals surface area contributed by atoms with Crippen LogP contribution in [-0.2, 0) is 4.79 Å². The van der Waals surface area contributed by atoms with Gasteiger partial charge in [-0.1, -0.05) is 6.07 Å². The Morgan fingerprint density at radius 1 is 1.38 bits per heavy atom. The van der Waals surface area contributed by atoms with Crippen LogP contribution in [0.25, 0.3) is 0 Å². The van der Waals surface area contributed by atoms with Crippen molar-refractivity contribution < 1.29 is 23.5 Å². The van der Waals surface area contributed by atoms with E-state index in [1.807, 2.05) is 0 Å². The van der Waals surface area contributed by atoms with Crippen molar-refractivity contribution in [1.82, 2.24) is 0 Å². The molecule has 0 saturated heterocycles. The Morgan fingerprint density at radius 3 is 2.44 bits per heavy atom. The Hall–Kier alpha value is -1.82. The van der Waals surface area contributed by atoms with Crippen molar-refractivity contribution >= 4 is 11.8 Å². The van der Waals surface area contributed by atoms with Crippen molar-refractivity contribution in [2.45, 2.75) is 12.5 Å². The Bertz CT molecular complexity index is 457. The molecular formula is C10H9F2NO3. The number of Topliss-reactive ketones (excluding diaryl/α,β-unsaturated/α-hetero) is 1. The van der Waals surface area contributed by atoms with Gasteiger partial charge in [-0.25, -0.2) is 13.6 Å². The number of aliphatic carboxylic acids is 1. The highest BCUT2D eigenvalue weighted by Crippen LogP contribution is 2.17. The van der Waals surface area contributed by atoms with Crippen LogP contribution >= 0.6 is 0 Å². The normalized spacial score (nSPS) is 14.2. The molecule has 0 amide bonds. The smallest absolute Gasteiger partial charge is 0.331 e. The molecule has 3 N–H and O–H groups in total. The lowest BCUT2D eigenvalue weighted by molar-refractivity contribution is -0.140. The molecule has 1 unspecified atom stereocenters. The molecule has 0 aliphatic heterocycles. The minimum absolute atomic E-state index is 0.674. The van der Waals surface area contributed by atoms with Gasteiger partial charge in [0.25, 0.3) is 0 Å². The van der Waals surface area contributed by atoms with Crippen LogP contribution in [0.15, 0.2) is 18.2 Å². The second-order valence-corrected chi connectivity index (χ2v) is 3.44. The van der Waals surface area contributed by atoms with E-state index >= 15 is 0 Å². The summed E-state index contributed by atoms with van der Waals surface area (Å²) in [6.07, 6.45) is 0. The Morgan fingerprint density at radius 2 is 1.94 bits per heavy atom. The van der Waals surface area contributed by atoms with E-state index in [9.17, 15) is 18.4 Å². The number of carbonyl (C=O) groups excluding carboxylic acids is 1. The van der Waals surface area contributed by atoms with Gasteiger partial charge in [0.15, 0.2) is 23.0 Å². The maximum absolute atomic E-state index is 13.2. The fourth-order valence-corrected chi connectivity index (χ4v) is 1.06. The number of nitrogens with two attached hydrogens (primary N) is 1. The van der Waals surface area contributed by atoms with E-state index in [0.717, 1.165) is 25.1 Å². The van der Waals surface area contributed by atoms with E-state index in [2.05, 4.69) is 0 Å². The Labute approximate surface area is 89.7 Å². The lowest BCUT2D eigenvalue weighted by Crippen LogP contribution is -2.52. The largest absolute Gasteiger partial charge is 0.480 e. The molecule has 0 saturated carbocycles. The molecule has 0 aliphatic carbocycles. The first-order chi connectivity index (χ1) is 7.28. The average molecular weight is 229 g/mol. The molecule has 1 aromatic carbocycles. The molecule has 1 aromatic rings. The summed E-state index contributed by atoms with van der Waals surface area (Å²) in [6.45, 7) is 0.919. The Balaban J connectivity index is 3.26. The van der Waals surface area contributed by atoms with Gasteiger partial charge in [-0.2, -0.15) is 0 Å². The number of hydrogen-bond acceptors (Lipinski definition) is 3. The summed E-state index contributed by atoms with van der Waals surface area (Å²) in [5.41, 5.74) is 2.26. The highest BCUT2D eigenvalue weighted by atomic mass is 19.2. The number of carbonyl (C=O) groups is 2. The fraction of sp³-hybridized carbons (Fsp3) is 0.200. The van der Waals surface area contributed by atoms with Gasteiger partial charge in [0.05, 0.1) is 5.56 Å². The minimum Gasteiger partial charge on any atom is -0.480 e. The van der Waals surface area contributed by atoms with Crippen LogP contribution < -0.4 is 5.73 Å². The molecule has 6 heteroatoms. The summed E-state index contributed by atoms with van der Waals surface area (Å²) in [5.74, 6) is -5.42. The van der Waals surface area contributed by atoms with Crippen molar-refractivity contribution in [1.29, 1.82) is 0 Å². The van der Waals surface area contributed by atoms with E-state index < -0.39 is 34.5 Å². The van der Waals surface area contributed by atoms with E-state index in [1.54, 1.807) is 0 Å². The molecule has 0 aromatic heterocycles. The lowest BCUT2D eigenvalue weighted by atomic mass is 9.92. The third kappa shape index (κ3) is 1.92. The van der Waals surface area contributed by atoms with Gasteiger partial charge >= 0.3 is 5.97 Å². The average Bonchev–Trinajstić information content (AvgIpc) is 2.21. The van der Waals surface area contributed by atoms with Crippen LogP contribution in [0.3, 0.4) is 0 Å². The molecule has 16 heavy (non-hydrogen) atoms. The summed E-state index contributed by atoms with van der Waals surface area (Å²) in [5, 5.41) is 8.67. The van der Waals surface area contributed by atoms with Crippen molar-refractivity contribution in [3.8, 4) is 0 Å². The first-order valence-corrected chi connectivity index (χ1v) is 4.29. The SMILES string of the molecule is CC(N)(C(=O)O)C(=O)c1cccc(F)c1F. The fourth-order valence-electron chi connectivity index (χ4n) is 1.06. The predicted molar refractivity (Wildman–Crippen MR) is 50.9 cm³/mol. The molecule has 0 spiro atoms. The van der Waals surface area contributed by atoms with E-state index in [4.69, 9.17) is 10.8 Å². The first kappa shape index (κ1) is 12.3. The van der Waals surface area contributed by atoms with Gasteiger partial charge in [0.1, 0.15) is 0 Å². The van der Waals surface area contributed by atoms with E-state index in [0.29, 0.717) is 0 Å². The molecule has 0 bridgehead atoms. The minimum atomic E-state index is -2.28. The summed E-state index contributed by atoms with van der Waals surface area (Å²) in [7, 11) is 0. The van der Waals surface area contributed by atoms with Crippen molar-refractivity contribution in [2.24, 2.45) is 5.73 Å². The molecule has 1 rings (SSSR count). The quantitative estimate of drug-likeness (QED) is 0.597. The predicted octanol–water partition coefficient (Wildman–Crippen LogP) is 0.949. The van der Waals surface area contributed by atoms with E-state index in [-0.39, 0.29) is 0 Å². The zero-order chi connectivity index (χ0) is 12.5. The molecule has 1 atom stereocenters. The monoisotopic (exact) mass is 229 g/mol. The van der Waals surface area contributed by atoms with Gasteiger partial charge in [-0.15, -0.1) is 0 Å². The van der Waals surface area contributed by atoms with Crippen LogP contribution in [0.5, 0.6) is 0 Å². The highest BCUT2D eigenvalue weighted by molar-refractivity contribution is 6.15. The second-order valence-electron chi connectivity index (χ2n) is 3.44. The van der Waals surface area contributed by atoms with E-state index in [1.165, 1.54) is 0 Å². The van der Waals surface area contributed by atoms with Gasteiger partial charge in [0, 0.05) is 0 Å². The van der Waals surface area contributed by atoms with Crippen LogP contribution in [0.4, 0.5) is 8.78 Å². The number of benzene rings is 1. The molecule has 86 valence electrons. The standard InChI is InChI=1S/C10H9F2NO3/c1-10(13,9(15)16)8(14)5-3-2-4-6(11)7(5)12/h2-4H,13H2,1H3,(H,15,16). The second kappa shape index (κ2) is 3.97. The topological polar surface area (TPSA) is 80.4 Å². The van der Waals surface area contributed by atoms with Crippen LogP contribution in [0, 0.1) is 11.6 Å². The van der Waals surface area contributed by atoms with Crippen LogP contribution in [0.2, 0.25) is 0 Å². The maximum Gasteiger partial charge on any atom is 0.331 e. The summed E-state index contributed by atoms with van der Waals surface area (Å²) < 4.78 is 26.0. The molecule has 0 radical (unpaired) electrons. The summed E-state index contributed by atoms with van der Waals surface area (Å²) in [6, 6.07) is 2.90. The van der Waals surface area contributed by atoms with Crippen LogP contribution in [-0.4, -0.2) is 22.4 Å². The first-order valence-electron chi connectivity index (χ1n) is 4.29.